The third kappa shape index (κ3) is 3.36. The monoisotopic (exact) mass is 225 g/mol. The van der Waals surface area contributed by atoms with Gasteiger partial charge in [0.2, 0.25) is 0 Å². The standard InChI is InChI=1S/C14H15N3/c1-5-12-9-10-14(13(6-2)11-12)15-16-17(7-3)8-4/h1-2,9-11H,7-8H2,3-4H3. The summed E-state index contributed by atoms with van der Waals surface area (Å²) >= 11 is 0. The highest BCUT2D eigenvalue weighted by atomic mass is 15.5. The fourth-order valence-electron chi connectivity index (χ4n) is 1.29. The lowest BCUT2D eigenvalue weighted by Crippen LogP contribution is -2.14. The van der Waals surface area contributed by atoms with Gasteiger partial charge in [0.15, 0.2) is 0 Å². The maximum Gasteiger partial charge on any atom is 0.103 e. The van der Waals surface area contributed by atoms with Gasteiger partial charge >= 0.3 is 0 Å². The summed E-state index contributed by atoms with van der Waals surface area (Å²) in [6.07, 6.45) is 10.7. The Bertz CT molecular complexity index is 485. The smallest absolute Gasteiger partial charge is 0.103 e. The van der Waals surface area contributed by atoms with Crippen molar-refractivity contribution in [2.24, 2.45) is 10.3 Å². The van der Waals surface area contributed by atoms with Crippen molar-refractivity contribution in [3.8, 4) is 24.7 Å². The average Bonchev–Trinajstić information content (AvgIpc) is 2.39. The van der Waals surface area contributed by atoms with Gasteiger partial charge in [-0.2, -0.15) is 0 Å². The number of rotatable bonds is 4. The molecule has 0 saturated carbocycles. The molecule has 17 heavy (non-hydrogen) atoms. The van der Waals surface area contributed by atoms with Gasteiger partial charge in [0.25, 0.3) is 0 Å². The van der Waals surface area contributed by atoms with Crippen molar-refractivity contribution in [1.29, 1.82) is 0 Å². The van der Waals surface area contributed by atoms with Gasteiger partial charge in [0.1, 0.15) is 5.69 Å². The summed E-state index contributed by atoms with van der Waals surface area (Å²) in [6.45, 7) is 5.67. The second-order valence-corrected chi connectivity index (χ2v) is 3.35. The molecule has 0 fully saturated rings. The quantitative estimate of drug-likeness (QED) is 0.440. The van der Waals surface area contributed by atoms with Crippen LogP contribution in [-0.4, -0.2) is 18.1 Å². The van der Waals surface area contributed by atoms with Gasteiger partial charge in [-0.15, -0.1) is 18.0 Å². The molecule has 0 aliphatic heterocycles. The Morgan fingerprint density at radius 3 is 2.41 bits per heavy atom. The maximum absolute atomic E-state index is 5.41. The molecule has 0 amide bonds. The number of benzene rings is 1. The zero-order valence-corrected chi connectivity index (χ0v) is 10.1. The van der Waals surface area contributed by atoms with Gasteiger partial charge in [-0.25, -0.2) is 0 Å². The van der Waals surface area contributed by atoms with E-state index in [0.29, 0.717) is 11.3 Å². The van der Waals surface area contributed by atoms with Crippen LogP contribution in [0.3, 0.4) is 0 Å². The molecule has 1 aromatic rings. The predicted octanol–water partition coefficient (Wildman–Crippen LogP) is 2.99. The van der Waals surface area contributed by atoms with Crippen molar-refractivity contribution >= 4 is 5.69 Å². The van der Waals surface area contributed by atoms with Crippen molar-refractivity contribution in [2.75, 3.05) is 13.1 Å². The molecule has 86 valence electrons. The average molecular weight is 225 g/mol. The van der Waals surface area contributed by atoms with E-state index in [0.717, 1.165) is 18.7 Å². The van der Waals surface area contributed by atoms with E-state index >= 15 is 0 Å². The molecule has 0 unspecified atom stereocenters. The molecule has 0 spiro atoms. The molecular formula is C14H15N3. The molecule has 3 nitrogen and oxygen atoms in total. The number of hydrogen-bond donors (Lipinski definition) is 0. The highest BCUT2D eigenvalue weighted by molar-refractivity contribution is 5.57. The Hall–Kier alpha value is -2.26. The number of nitrogens with zero attached hydrogens (tertiary/aromatic N) is 3. The van der Waals surface area contributed by atoms with Crippen molar-refractivity contribution in [1.82, 2.24) is 5.01 Å². The van der Waals surface area contributed by atoms with E-state index in [9.17, 15) is 0 Å². The van der Waals surface area contributed by atoms with Crippen LogP contribution in [0.4, 0.5) is 5.69 Å². The van der Waals surface area contributed by atoms with E-state index in [1.165, 1.54) is 0 Å². The van der Waals surface area contributed by atoms with Gasteiger partial charge in [-0.05, 0) is 32.0 Å². The van der Waals surface area contributed by atoms with Crippen LogP contribution in [0.1, 0.15) is 25.0 Å². The van der Waals surface area contributed by atoms with E-state index in [-0.39, 0.29) is 0 Å². The molecule has 1 aromatic carbocycles. The molecule has 0 N–H and O–H groups in total. The maximum atomic E-state index is 5.41. The SMILES string of the molecule is C#Cc1ccc(N=NN(CC)CC)c(C#C)c1. The topological polar surface area (TPSA) is 28.0 Å². The fourth-order valence-corrected chi connectivity index (χ4v) is 1.29. The van der Waals surface area contributed by atoms with Crippen LogP contribution in [0.2, 0.25) is 0 Å². The minimum Gasteiger partial charge on any atom is -0.279 e. The van der Waals surface area contributed by atoms with E-state index in [1.54, 1.807) is 18.2 Å². The van der Waals surface area contributed by atoms with Crippen molar-refractivity contribution < 1.29 is 0 Å². The van der Waals surface area contributed by atoms with Gasteiger partial charge < -0.3 is 0 Å². The molecule has 1 rings (SSSR count). The molecule has 3 heteroatoms. The van der Waals surface area contributed by atoms with E-state index in [1.807, 2.05) is 18.9 Å². The summed E-state index contributed by atoms with van der Waals surface area (Å²) < 4.78 is 0. The summed E-state index contributed by atoms with van der Waals surface area (Å²) in [7, 11) is 0. The summed E-state index contributed by atoms with van der Waals surface area (Å²) in [5, 5.41) is 10.1. The number of hydrogen-bond acceptors (Lipinski definition) is 2. The summed E-state index contributed by atoms with van der Waals surface area (Å²) in [6, 6.07) is 5.35. The first kappa shape index (κ1) is 12.8. The van der Waals surface area contributed by atoms with Crippen molar-refractivity contribution in [3.63, 3.8) is 0 Å². The third-order valence-electron chi connectivity index (χ3n) is 2.33. The van der Waals surface area contributed by atoms with E-state index < -0.39 is 0 Å². The Morgan fingerprint density at radius 1 is 1.18 bits per heavy atom. The van der Waals surface area contributed by atoms with Gasteiger partial charge in [0, 0.05) is 18.7 Å². The van der Waals surface area contributed by atoms with Crippen LogP contribution in [-0.2, 0) is 0 Å². The number of terminal acetylenes is 2. The van der Waals surface area contributed by atoms with Gasteiger partial charge in [0.05, 0.1) is 5.56 Å². The minimum absolute atomic E-state index is 0.663. The van der Waals surface area contributed by atoms with Crippen LogP contribution in [0.5, 0.6) is 0 Å². The Morgan fingerprint density at radius 2 is 1.88 bits per heavy atom. The first-order valence-corrected chi connectivity index (χ1v) is 5.49. The minimum atomic E-state index is 0.663. The van der Waals surface area contributed by atoms with Crippen LogP contribution in [0.25, 0.3) is 0 Å². The highest BCUT2D eigenvalue weighted by Gasteiger charge is 2.00. The zero-order valence-electron chi connectivity index (χ0n) is 10.1. The lowest BCUT2D eigenvalue weighted by molar-refractivity contribution is 0.300. The van der Waals surface area contributed by atoms with E-state index in [4.69, 9.17) is 12.8 Å². The molecule has 0 bridgehead atoms. The molecule has 0 aliphatic rings. The Labute approximate surface area is 103 Å². The normalized spacial score (nSPS) is 9.88. The summed E-state index contributed by atoms with van der Waals surface area (Å²) in [4.78, 5) is 0. The summed E-state index contributed by atoms with van der Waals surface area (Å²) in [5.74, 6) is 5.10. The second kappa shape index (κ2) is 6.35. The van der Waals surface area contributed by atoms with Crippen LogP contribution in [0.15, 0.2) is 28.5 Å². The summed E-state index contributed by atoms with van der Waals surface area (Å²) in [5.41, 5.74) is 2.08. The van der Waals surface area contributed by atoms with Crippen LogP contribution in [0, 0.1) is 24.7 Å². The first-order chi connectivity index (χ1) is 8.24. The highest BCUT2D eigenvalue weighted by Crippen LogP contribution is 2.20. The fraction of sp³-hybridized carbons (Fsp3) is 0.286. The van der Waals surface area contributed by atoms with Gasteiger partial charge in [-0.1, -0.05) is 17.1 Å². The largest absolute Gasteiger partial charge is 0.279 e. The molecule has 0 atom stereocenters. The van der Waals surface area contributed by atoms with Crippen LogP contribution < -0.4 is 0 Å². The molecule has 0 radical (unpaired) electrons. The lowest BCUT2D eigenvalue weighted by Gasteiger charge is -2.11. The predicted molar refractivity (Wildman–Crippen MR) is 69.7 cm³/mol. The van der Waals surface area contributed by atoms with E-state index in [2.05, 4.69) is 22.2 Å². The Balaban J connectivity index is 3.00. The molecule has 0 aromatic heterocycles. The van der Waals surface area contributed by atoms with Crippen LogP contribution >= 0.6 is 0 Å². The van der Waals surface area contributed by atoms with Crippen molar-refractivity contribution in [3.05, 3.63) is 29.3 Å². The third-order valence-corrected chi connectivity index (χ3v) is 2.33. The zero-order chi connectivity index (χ0) is 12.7. The lowest BCUT2D eigenvalue weighted by atomic mass is 10.1. The van der Waals surface area contributed by atoms with Gasteiger partial charge in [-0.3, -0.25) is 5.01 Å². The molecule has 0 aliphatic carbocycles. The molecular weight excluding hydrogens is 210 g/mol. The molecule has 0 heterocycles. The molecule has 0 saturated heterocycles. The Kier molecular flexibility index (Phi) is 4.78. The van der Waals surface area contributed by atoms with Crippen molar-refractivity contribution in [2.45, 2.75) is 13.8 Å². The second-order valence-electron chi connectivity index (χ2n) is 3.35. The first-order valence-electron chi connectivity index (χ1n) is 5.49.